The minimum atomic E-state index is 0.282. The molecule has 82 valence electrons. The number of ether oxygens (including phenoxy) is 1. The van der Waals surface area contributed by atoms with Gasteiger partial charge in [0.1, 0.15) is 0 Å². The van der Waals surface area contributed by atoms with Gasteiger partial charge in [0.25, 0.3) is 0 Å². The maximum Gasteiger partial charge on any atom is 0.191 e. The van der Waals surface area contributed by atoms with Crippen LogP contribution in [0.3, 0.4) is 0 Å². The average molecular weight is 199 g/mol. The molecule has 4 nitrogen and oxygen atoms in total. The SMILES string of the molecule is CC(C)OCCN(C)C(N)=NC1CC1. The van der Waals surface area contributed by atoms with Gasteiger partial charge in [0, 0.05) is 13.6 Å². The largest absolute Gasteiger partial charge is 0.377 e. The van der Waals surface area contributed by atoms with Gasteiger partial charge in [-0.1, -0.05) is 0 Å². The molecule has 0 spiro atoms. The highest BCUT2D eigenvalue weighted by molar-refractivity contribution is 5.78. The predicted octanol–water partition coefficient (Wildman–Crippen LogP) is 0.820. The Bertz CT molecular complexity index is 200. The third-order valence-electron chi connectivity index (χ3n) is 2.13. The third-order valence-corrected chi connectivity index (χ3v) is 2.13. The molecule has 1 aliphatic carbocycles. The Labute approximate surface area is 86.1 Å². The summed E-state index contributed by atoms with van der Waals surface area (Å²) in [7, 11) is 1.95. The first-order chi connectivity index (χ1) is 6.59. The summed E-state index contributed by atoms with van der Waals surface area (Å²) in [5, 5.41) is 0. The van der Waals surface area contributed by atoms with Crippen molar-refractivity contribution >= 4 is 5.96 Å². The van der Waals surface area contributed by atoms with E-state index in [1.54, 1.807) is 0 Å². The minimum absolute atomic E-state index is 0.282. The van der Waals surface area contributed by atoms with E-state index >= 15 is 0 Å². The molecule has 0 heterocycles. The summed E-state index contributed by atoms with van der Waals surface area (Å²) >= 11 is 0. The number of likely N-dealkylation sites (N-methyl/N-ethyl adjacent to an activating group) is 1. The molecule has 14 heavy (non-hydrogen) atoms. The lowest BCUT2D eigenvalue weighted by atomic mass is 10.5. The van der Waals surface area contributed by atoms with Crippen LogP contribution in [0.2, 0.25) is 0 Å². The van der Waals surface area contributed by atoms with Crippen molar-refractivity contribution in [1.82, 2.24) is 4.90 Å². The van der Waals surface area contributed by atoms with Crippen LogP contribution in [0.25, 0.3) is 0 Å². The van der Waals surface area contributed by atoms with Crippen molar-refractivity contribution in [2.75, 3.05) is 20.2 Å². The van der Waals surface area contributed by atoms with E-state index in [1.807, 2.05) is 25.8 Å². The van der Waals surface area contributed by atoms with Gasteiger partial charge in [0.2, 0.25) is 0 Å². The standard InChI is InChI=1S/C10H21N3O/c1-8(2)14-7-6-13(3)10(11)12-9-4-5-9/h8-9H,4-7H2,1-3H3,(H2,11,12). The molecule has 0 radical (unpaired) electrons. The van der Waals surface area contributed by atoms with Gasteiger partial charge in [-0.05, 0) is 26.7 Å². The second kappa shape index (κ2) is 5.20. The molecule has 1 rings (SSSR count). The first-order valence-electron chi connectivity index (χ1n) is 5.25. The average Bonchev–Trinajstić information content (AvgIpc) is 2.87. The Hall–Kier alpha value is -0.770. The molecule has 0 atom stereocenters. The Balaban J connectivity index is 2.16. The highest BCUT2D eigenvalue weighted by atomic mass is 16.5. The lowest BCUT2D eigenvalue weighted by Gasteiger charge is -2.18. The zero-order valence-corrected chi connectivity index (χ0v) is 9.36. The summed E-state index contributed by atoms with van der Waals surface area (Å²) in [4.78, 5) is 6.30. The summed E-state index contributed by atoms with van der Waals surface area (Å²) in [6.07, 6.45) is 2.67. The Morgan fingerprint density at radius 2 is 2.21 bits per heavy atom. The van der Waals surface area contributed by atoms with Crippen LogP contribution in [-0.2, 0) is 4.74 Å². The van der Waals surface area contributed by atoms with E-state index in [0.29, 0.717) is 18.6 Å². The fraction of sp³-hybridized carbons (Fsp3) is 0.900. The molecule has 0 aromatic rings. The van der Waals surface area contributed by atoms with Crippen molar-refractivity contribution in [3.05, 3.63) is 0 Å². The van der Waals surface area contributed by atoms with Crippen LogP contribution in [0.1, 0.15) is 26.7 Å². The van der Waals surface area contributed by atoms with Crippen LogP contribution in [0.15, 0.2) is 4.99 Å². The Kier molecular flexibility index (Phi) is 4.20. The summed E-state index contributed by atoms with van der Waals surface area (Å²) < 4.78 is 5.43. The van der Waals surface area contributed by atoms with Crippen molar-refractivity contribution in [2.45, 2.75) is 38.8 Å². The number of aliphatic imine (C=N–C) groups is 1. The van der Waals surface area contributed by atoms with E-state index in [9.17, 15) is 0 Å². The number of guanidine groups is 1. The van der Waals surface area contributed by atoms with Crippen LogP contribution >= 0.6 is 0 Å². The van der Waals surface area contributed by atoms with E-state index in [4.69, 9.17) is 10.5 Å². The molecule has 0 aliphatic heterocycles. The molecule has 1 saturated carbocycles. The minimum Gasteiger partial charge on any atom is -0.377 e. The Morgan fingerprint density at radius 1 is 1.57 bits per heavy atom. The zero-order chi connectivity index (χ0) is 10.6. The van der Waals surface area contributed by atoms with Crippen LogP contribution in [0.4, 0.5) is 0 Å². The molecular formula is C10H21N3O. The molecule has 1 fully saturated rings. The molecule has 0 amide bonds. The molecule has 2 N–H and O–H groups in total. The number of nitrogens with zero attached hydrogens (tertiary/aromatic N) is 2. The lowest BCUT2D eigenvalue weighted by molar-refractivity contribution is 0.0723. The first-order valence-corrected chi connectivity index (χ1v) is 5.25. The number of hydrogen-bond donors (Lipinski definition) is 1. The second-order valence-corrected chi connectivity index (χ2v) is 4.06. The van der Waals surface area contributed by atoms with Gasteiger partial charge in [-0.15, -0.1) is 0 Å². The fourth-order valence-electron chi connectivity index (χ4n) is 1.03. The molecule has 0 aromatic carbocycles. The highest BCUT2D eigenvalue weighted by Crippen LogP contribution is 2.23. The summed E-state index contributed by atoms with van der Waals surface area (Å²) in [5.41, 5.74) is 5.80. The maximum atomic E-state index is 5.80. The maximum absolute atomic E-state index is 5.80. The van der Waals surface area contributed by atoms with Crippen LogP contribution in [-0.4, -0.2) is 43.2 Å². The molecule has 0 aromatic heterocycles. The smallest absolute Gasteiger partial charge is 0.191 e. The highest BCUT2D eigenvalue weighted by Gasteiger charge is 2.21. The number of hydrogen-bond acceptors (Lipinski definition) is 2. The van der Waals surface area contributed by atoms with E-state index < -0.39 is 0 Å². The molecular weight excluding hydrogens is 178 g/mol. The normalized spacial score (nSPS) is 17.6. The topological polar surface area (TPSA) is 50.9 Å². The first kappa shape index (κ1) is 11.3. The molecule has 1 aliphatic rings. The monoisotopic (exact) mass is 199 g/mol. The van der Waals surface area contributed by atoms with Crippen molar-refractivity contribution in [1.29, 1.82) is 0 Å². The van der Waals surface area contributed by atoms with Crippen molar-refractivity contribution in [2.24, 2.45) is 10.7 Å². The van der Waals surface area contributed by atoms with E-state index in [0.717, 1.165) is 6.54 Å². The van der Waals surface area contributed by atoms with Gasteiger partial charge >= 0.3 is 0 Å². The van der Waals surface area contributed by atoms with Gasteiger partial charge in [-0.2, -0.15) is 0 Å². The van der Waals surface area contributed by atoms with Crippen molar-refractivity contribution < 1.29 is 4.74 Å². The van der Waals surface area contributed by atoms with Crippen molar-refractivity contribution in [3.63, 3.8) is 0 Å². The molecule has 4 heteroatoms. The second-order valence-electron chi connectivity index (χ2n) is 4.06. The van der Waals surface area contributed by atoms with Crippen molar-refractivity contribution in [3.8, 4) is 0 Å². The van der Waals surface area contributed by atoms with Crippen LogP contribution < -0.4 is 5.73 Å². The number of rotatable bonds is 5. The van der Waals surface area contributed by atoms with Crippen LogP contribution in [0.5, 0.6) is 0 Å². The van der Waals surface area contributed by atoms with Gasteiger partial charge in [0.05, 0.1) is 18.8 Å². The van der Waals surface area contributed by atoms with E-state index in [1.165, 1.54) is 12.8 Å². The van der Waals surface area contributed by atoms with E-state index in [2.05, 4.69) is 4.99 Å². The number of nitrogens with two attached hydrogens (primary N) is 1. The van der Waals surface area contributed by atoms with E-state index in [-0.39, 0.29) is 6.10 Å². The molecule has 0 unspecified atom stereocenters. The Morgan fingerprint density at radius 3 is 2.71 bits per heavy atom. The molecule has 0 bridgehead atoms. The lowest BCUT2D eigenvalue weighted by Crippen LogP contribution is -2.37. The van der Waals surface area contributed by atoms with Gasteiger partial charge in [-0.25, -0.2) is 4.99 Å². The van der Waals surface area contributed by atoms with Crippen LogP contribution in [0, 0.1) is 0 Å². The van der Waals surface area contributed by atoms with Gasteiger partial charge in [0.15, 0.2) is 5.96 Å². The predicted molar refractivity (Wildman–Crippen MR) is 58.4 cm³/mol. The fourth-order valence-corrected chi connectivity index (χ4v) is 1.03. The molecule has 0 saturated heterocycles. The van der Waals surface area contributed by atoms with Gasteiger partial charge < -0.3 is 15.4 Å². The zero-order valence-electron chi connectivity index (χ0n) is 9.36. The van der Waals surface area contributed by atoms with Gasteiger partial charge in [-0.3, -0.25) is 0 Å². The summed E-state index contributed by atoms with van der Waals surface area (Å²) in [5.74, 6) is 0.639. The summed E-state index contributed by atoms with van der Waals surface area (Å²) in [6.45, 7) is 5.57. The summed E-state index contributed by atoms with van der Waals surface area (Å²) in [6, 6.07) is 0.489. The third kappa shape index (κ3) is 4.46. The quantitative estimate of drug-likeness (QED) is 0.527.